The first-order valence-corrected chi connectivity index (χ1v) is 11.8. The zero-order valence-corrected chi connectivity index (χ0v) is 20.5. The molecule has 3 aromatic rings. The summed E-state index contributed by atoms with van der Waals surface area (Å²) in [5, 5.41) is 5.47. The molecule has 0 aliphatic carbocycles. The van der Waals surface area contributed by atoms with E-state index >= 15 is 0 Å². The van der Waals surface area contributed by atoms with E-state index in [2.05, 4.69) is 5.10 Å². The minimum absolute atomic E-state index is 0.240. The molecule has 1 amide bonds. The Morgan fingerprint density at radius 2 is 1.88 bits per heavy atom. The van der Waals surface area contributed by atoms with Crippen molar-refractivity contribution in [2.45, 2.75) is 39.3 Å². The number of hydrogen-bond acceptors (Lipinski definition) is 4. The number of anilines is 1. The van der Waals surface area contributed by atoms with Crippen molar-refractivity contribution < 1.29 is 14.3 Å². The van der Waals surface area contributed by atoms with Crippen LogP contribution in [0.2, 0.25) is 10.2 Å². The molecule has 0 fully saturated rings. The van der Waals surface area contributed by atoms with E-state index < -0.39 is 12.1 Å². The predicted octanol–water partition coefficient (Wildman–Crippen LogP) is 5.47. The predicted molar refractivity (Wildman–Crippen MR) is 134 cm³/mol. The van der Waals surface area contributed by atoms with Crippen LogP contribution in [0, 0.1) is 6.92 Å². The molecule has 0 bridgehead atoms. The molecule has 0 saturated carbocycles. The van der Waals surface area contributed by atoms with Crippen LogP contribution >= 0.6 is 23.2 Å². The first kappa shape index (κ1) is 24.0. The number of fused-ring (bicyclic) bond motifs is 1. The van der Waals surface area contributed by atoms with Crippen LogP contribution in [0.15, 0.2) is 54.6 Å². The number of benzene rings is 2. The maximum Gasteiger partial charge on any atom is 0.331 e. The molecular weight excluding hydrogens is 473 g/mol. The number of rotatable bonds is 6. The smallest absolute Gasteiger partial charge is 0.331 e. The quantitative estimate of drug-likeness (QED) is 0.334. The number of carbonyl (C=O) groups excluding carboxylic acids is 2. The third-order valence-corrected chi connectivity index (χ3v) is 6.56. The topological polar surface area (TPSA) is 64.4 Å². The van der Waals surface area contributed by atoms with Crippen LogP contribution in [-0.4, -0.2) is 34.3 Å². The van der Waals surface area contributed by atoms with E-state index in [1.165, 1.54) is 6.08 Å². The van der Waals surface area contributed by atoms with Gasteiger partial charge in [0.05, 0.1) is 12.2 Å². The Labute approximate surface area is 208 Å². The lowest BCUT2D eigenvalue weighted by Gasteiger charge is -2.31. The summed E-state index contributed by atoms with van der Waals surface area (Å²) in [6.45, 7) is 4.40. The molecule has 0 N–H and O–H groups in total. The highest BCUT2D eigenvalue weighted by Crippen LogP contribution is 2.28. The number of aromatic nitrogens is 2. The van der Waals surface area contributed by atoms with Gasteiger partial charge in [-0.25, -0.2) is 9.48 Å². The lowest BCUT2D eigenvalue weighted by atomic mass is 10.0. The van der Waals surface area contributed by atoms with Crippen LogP contribution in [0.4, 0.5) is 5.69 Å². The molecule has 4 rings (SSSR count). The Bertz CT molecular complexity index is 1250. The molecule has 1 aliphatic heterocycles. The average molecular weight is 498 g/mol. The van der Waals surface area contributed by atoms with Crippen molar-refractivity contribution in [3.8, 4) is 0 Å². The zero-order chi connectivity index (χ0) is 24.2. The Balaban J connectivity index is 1.42. The highest BCUT2D eigenvalue weighted by Gasteiger charge is 2.28. The first-order valence-electron chi connectivity index (χ1n) is 11.1. The lowest BCUT2D eigenvalue weighted by molar-refractivity contribution is -0.149. The van der Waals surface area contributed by atoms with Gasteiger partial charge in [0, 0.05) is 28.9 Å². The van der Waals surface area contributed by atoms with Crippen molar-refractivity contribution in [1.29, 1.82) is 0 Å². The third-order valence-electron chi connectivity index (χ3n) is 5.79. The third kappa shape index (κ3) is 5.18. The van der Waals surface area contributed by atoms with Crippen LogP contribution in [0.5, 0.6) is 0 Å². The van der Waals surface area contributed by atoms with Gasteiger partial charge in [0.25, 0.3) is 5.91 Å². The van der Waals surface area contributed by atoms with Crippen LogP contribution in [-0.2, 0) is 27.3 Å². The molecule has 0 saturated heterocycles. The summed E-state index contributed by atoms with van der Waals surface area (Å²) < 4.78 is 7.02. The molecule has 2 aromatic carbocycles. The summed E-state index contributed by atoms with van der Waals surface area (Å²) >= 11 is 12.8. The highest BCUT2D eigenvalue weighted by molar-refractivity contribution is 6.32. The number of amides is 1. The molecular formula is C26H25Cl2N3O3. The van der Waals surface area contributed by atoms with E-state index in [1.54, 1.807) is 29.5 Å². The molecule has 1 atom stereocenters. The van der Waals surface area contributed by atoms with Crippen LogP contribution < -0.4 is 4.90 Å². The Kier molecular flexibility index (Phi) is 7.39. The standard InChI is InChI=1S/C26H25Cl2N3O3/c1-17-21(25(28)31(29-17)16-20-9-3-5-11-22(20)27)13-14-24(32)34-18(2)26(33)30-15-7-10-19-8-4-6-12-23(19)30/h3-6,8-9,11-14,18H,7,10,15-16H2,1-2H3. The maximum absolute atomic E-state index is 13.0. The summed E-state index contributed by atoms with van der Waals surface area (Å²) in [5.41, 5.74) is 4.16. The molecule has 1 aromatic heterocycles. The number of hydrogen-bond donors (Lipinski definition) is 0. The van der Waals surface area contributed by atoms with Gasteiger partial charge in [0.2, 0.25) is 0 Å². The van der Waals surface area contributed by atoms with Gasteiger partial charge in [-0.1, -0.05) is 59.6 Å². The van der Waals surface area contributed by atoms with Crippen LogP contribution in [0.3, 0.4) is 0 Å². The van der Waals surface area contributed by atoms with Crippen molar-refractivity contribution in [2.75, 3.05) is 11.4 Å². The second-order valence-electron chi connectivity index (χ2n) is 8.17. The van der Waals surface area contributed by atoms with Gasteiger partial charge in [-0.05, 0) is 56.0 Å². The normalized spacial score (nSPS) is 14.2. The Morgan fingerprint density at radius 1 is 1.15 bits per heavy atom. The van der Waals surface area contributed by atoms with Crippen molar-refractivity contribution >= 4 is 46.8 Å². The minimum Gasteiger partial charge on any atom is -0.449 e. The fourth-order valence-electron chi connectivity index (χ4n) is 4.05. The van der Waals surface area contributed by atoms with Gasteiger partial charge in [-0.15, -0.1) is 0 Å². The summed E-state index contributed by atoms with van der Waals surface area (Å²) in [6.07, 6.45) is 3.72. The number of halogens is 2. The fraction of sp³-hybridized carbons (Fsp3) is 0.269. The first-order chi connectivity index (χ1) is 16.3. The van der Waals surface area contributed by atoms with Crippen LogP contribution in [0.25, 0.3) is 6.08 Å². The second-order valence-corrected chi connectivity index (χ2v) is 8.94. The zero-order valence-electron chi connectivity index (χ0n) is 19.0. The molecule has 1 aliphatic rings. The molecule has 0 radical (unpaired) electrons. The van der Waals surface area contributed by atoms with E-state index in [0.717, 1.165) is 29.7 Å². The average Bonchev–Trinajstić information content (AvgIpc) is 3.10. The van der Waals surface area contributed by atoms with E-state index in [0.29, 0.717) is 34.5 Å². The monoisotopic (exact) mass is 497 g/mol. The number of nitrogens with zero attached hydrogens (tertiary/aromatic N) is 3. The Morgan fingerprint density at radius 3 is 2.68 bits per heavy atom. The Hall–Kier alpha value is -3.09. The largest absolute Gasteiger partial charge is 0.449 e. The molecule has 2 heterocycles. The molecule has 8 heteroatoms. The summed E-state index contributed by atoms with van der Waals surface area (Å²) in [5.74, 6) is -0.865. The molecule has 6 nitrogen and oxygen atoms in total. The maximum atomic E-state index is 13.0. The number of aryl methyl sites for hydroxylation is 2. The van der Waals surface area contributed by atoms with E-state index in [4.69, 9.17) is 27.9 Å². The molecule has 1 unspecified atom stereocenters. The van der Waals surface area contributed by atoms with E-state index in [1.807, 2.05) is 48.5 Å². The van der Waals surface area contributed by atoms with Crippen LogP contribution in [0.1, 0.15) is 35.7 Å². The minimum atomic E-state index is -0.914. The molecule has 176 valence electrons. The lowest BCUT2D eigenvalue weighted by Crippen LogP contribution is -2.42. The molecule has 34 heavy (non-hydrogen) atoms. The van der Waals surface area contributed by atoms with Gasteiger partial charge in [0.15, 0.2) is 6.10 Å². The van der Waals surface area contributed by atoms with Gasteiger partial charge in [-0.3, -0.25) is 4.79 Å². The SMILES string of the molecule is Cc1nn(Cc2ccccc2Cl)c(Cl)c1C=CC(=O)OC(C)C(=O)N1CCCc2ccccc21. The van der Waals surface area contributed by atoms with Crippen molar-refractivity contribution in [3.63, 3.8) is 0 Å². The van der Waals surface area contributed by atoms with Gasteiger partial charge >= 0.3 is 5.97 Å². The van der Waals surface area contributed by atoms with Gasteiger partial charge in [0.1, 0.15) is 5.15 Å². The number of ether oxygens (including phenoxy) is 1. The van der Waals surface area contributed by atoms with Crippen molar-refractivity contribution in [2.24, 2.45) is 0 Å². The van der Waals surface area contributed by atoms with Gasteiger partial charge in [-0.2, -0.15) is 5.10 Å². The van der Waals surface area contributed by atoms with Crippen molar-refractivity contribution in [3.05, 3.63) is 87.2 Å². The number of carbonyl (C=O) groups is 2. The van der Waals surface area contributed by atoms with Crippen molar-refractivity contribution in [1.82, 2.24) is 9.78 Å². The number of esters is 1. The fourth-order valence-corrected chi connectivity index (χ4v) is 4.54. The number of para-hydroxylation sites is 1. The van der Waals surface area contributed by atoms with Gasteiger partial charge < -0.3 is 9.64 Å². The second kappa shape index (κ2) is 10.5. The summed E-state index contributed by atoms with van der Waals surface area (Å²) in [4.78, 5) is 27.1. The summed E-state index contributed by atoms with van der Waals surface area (Å²) in [7, 11) is 0. The molecule has 0 spiro atoms. The van der Waals surface area contributed by atoms with E-state index in [-0.39, 0.29) is 5.91 Å². The highest BCUT2D eigenvalue weighted by atomic mass is 35.5. The summed E-state index contributed by atoms with van der Waals surface area (Å²) in [6, 6.07) is 15.3. The van der Waals surface area contributed by atoms with E-state index in [9.17, 15) is 9.59 Å².